The molecule has 0 aromatic heterocycles. The first-order valence-electron chi connectivity index (χ1n) is 3.40. The van der Waals surface area contributed by atoms with E-state index in [9.17, 15) is 4.57 Å². The number of rotatable bonds is 3. The normalized spacial score (nSPS) is 14.3. The summed E-state index contributed by atoms with van der Waals surface area (Å²) < 4.78 is 14.8. The molecule has 1 aromatic carbocycles. The molecule has 0 aliphatic rings. The van der Waals surface area contributed by atoms with E-state index in [1.165, 1.54) is 0 Å². The van der Waals surface area contributed by atoms with Gasteiger partial charge in [0.2, 0.25) is 0 Å². The average molecular weight is 224 g/mol. The molecule has 1 rings (SSSR count). The number of nitrogens with two attached hydrogens (primary N) is 1. The van der Waals surface area contributed by atoms with Crippen molar-refractivity contribution in [3.63, 3.8) is 0 Å². The summed E-state index contributed by atoms with van der Waals surface area (Å²) in [6, 6.07) is 8.86. The van der Waals surface area contributed by atoms with Crippen LogP contribution in [-0.4, -0.2) is 4.89 Å². The van der Waals surface area contributed by atoms with Crippen LogP contribution in [0.4, 0.5) is 0 Å². The van der Waals surface area contributed by atoms with Gasteiger partial charge >= 0.3 is 8.25 Å². The van der Waals surface area contributed by atoms with Crippen LogP contribution < -0.4 is 5.73 Å². The molecule has 4 nitrogen and oxygen atoms in total. The van der Waals surface area contributed by atoms with Gasteiger partial charge in [-0.2, -0.15) is 0 Å². The first kappa shape index (κ1) is 12.6. The summed E-state index contributed by atoms with van der Waals surface area (Å²) in [6.07, 6.45) is -0.817. The van der Waals surface area contributed by atoms with Crippen LogP contribution in [0.15, 0.2) is 30.3 Å². The summed E-state index contributed by atoms with van der Waals surface area (Å²) in [5.74, 6) is 0. The van der Waals surface area contributed by atoms with Crippen LogP contribution in [0.25, 0.3) is 0 Å². The summed E-state index contributed by atoms with van der Waals surface area (Å²) in [4.78, 5) is 8.43. The predicted octanol–water partition coefficient (Wildman–Crippen LogP) is 1.46. The van der Waals surface area contributed by atoms with E-state index in [-0.39, 0.29) is 12.4 Å². The highest BCUT2D eigenvalue weighted by molar-refractivity contribution is 7.32. The largest absolute Gasteiger partial charge is 0.326 e. The fourth-order valence-corrected chi connectivity index (χ4v) is 1.17. The number of hydrogen-bond acceptors (Lipinski definition) is 3. The summed E-state index contributed by atoms with van der Waals surface area (Å²) in [7, 11) is -2.96. The highest BCUT2D eigenvalue weighted by Crippen LogP contribution is 2.24. The molecule has 2 unspecified atom stereocenters. The molecule has 0 saturated heterocycles. The first-order chi connectivity index (χ1) is 5.70. The van der Waals surface area contributed by atoms with Crippen molar-refractivity contribution in [3.8, 4) is 0 Å². The van der Waals surface area contributed by atoms with E-state index in [2.05, 4.69) is 4.52 Å². The minimum absolute atomic E-state index is 0. The Kier molecular flexibility index (Phi) is 5.95. The van der Waals surface area contributed by atoms with Gasteiger partial charge in [-0.3, -0.25) is 9.09 Å². The van der Waals surface area contributed by atoms with E-state index < -0.39 is 14.5 Å². The molecule has 13 heavy (non-hydrogen) atoms. The minimum Gasteiger partial charge on any atom is -0.326 e. The molecule has 2 atom stereocenters. The van der Waals surface area contributed by atoms with Crippen molar-refractivity contribution < 1.29 is 14.0 Å². The van der Waals surface area contributed by atoms with Crippen molar-refractivity contribution >= 4 is 20.7 Å². The molecule has 0 heterocycles. The standard InChI is InChI=1S/C7H10NO3P.ClH/c8-7(11-12(9)10)6-4-2-1-3-5-6;/h1-5,7,12H,8H2,(H,9,10);1H. The lowest BCUT2D eigenvalue weighted by atomic mass is 10.2. The molecule has 6 heteroatoms. The van der Waals surface area contributed by atoms with Gasteiger partial charge in [-0.1, -0.05) is 30.3 Å². The van der Waals surface area contributed by atoms with Crippen molar-refractivity contribution in [2.75, 3.05) is 0 Å². The number of benzene rings is 1. The molecule has 0 aliphatic heterocycles. The second-order valence-corrected chi connectivity index (χ2v) is 2.98. The molecular formula is C7H11ClNO3P. The monoisotopic (exact) mass is 223 g/mol. The van der Waals surface area contributed by atoms with E-state index in [1.807, 2.05) is 6.07 Å². The lowest BCUT2D eigenvalue weighted by molar-refractivity contribution is 0.198. The third kappa shape index (κ3) is 4.41. The van der Waals surface area contributed by atoms with Crippen LogP contribution in [0.5, 0.6) is 0 Å². The third-order valence-electron chi connectivity index (χ3n) is 1.36. The molecule has 0 radical (unpaired) electrons. The molecule has 0 amide bonds. The highest BCUT2D eigenvalue weighted by Gasteiger charge is 2.06. The van der Waals surface area contributed by atoms with Crippen LogP contribution >= 0.6 is 20.7 Å². The second kappa shape index (κ2) is 6.13. The molecule has 74 valence electrons. The second-order valence-electron chi connectivity index (χ2n) is 2.22. The zero-order valence-corrected chi connectivity index (χ0v) is 8.53. The maximum Gasteiger partial charge on any atom is 0.318 e. The lowest BCUT2D eigenvalue weighted by Gasteiger charge is -2.09. The molecule has 1 aromatic rings. The van der Waals surface area contributed by atoms with Gasteiger partial charge in [0.05, 0.1) is 0 Å². The van der Waals surface area contributed by atoms with Crippen molar-refractivity contribution in [2.45, 2.75) is 6.23 Å². The summed E-state index contributed by atoms with van der Waals surface area (Å²) >= 11 is 0. The Hall–Kier alpha value is -0.380. The van der Waals surface area contributed by atoms with Crippen molar-refractivity contribution in [2.24, 2.45) is 5.73 Å². The average Bonchev–Trinajstić information content (AvgIpc) is 2.05. The molecular weight excluding hydrogens is 213 g/mol. The van der Waals surface area contributed by atoms with Gasteiger partial charge < -0.3 is 10.6 Å². The Morgan fingerprint density at radius 2 is 1.92 bits per heavy atom. The SMILES string of the molecule is Cl.NC(O[PH](=O)O)c1ccccc1. The number of hydrogen-bond donors (Lipinski definition) is 2. The fourth-order valence-electron chi connectivity index (χ4n) is 0.819. The molecule has 0 spiro atoms. The van der Waals surface area contributed by atoms with E-state index in [4.69, 9.17) is 10.6 Å². The third-order valence-corrected chi connectivity index (χ3v) is 1.81. The van der Waals surface area contributed by atoms with E-state index in [1.54, 1.807) is 24.3 Å². The van der Waals surface area contributed by atoms with Gasteiger partial charge in [-0.25, -0.2) is 0 Å². The van der Waals surface area contributed by atoms with Crippen molar-refractivity contribution in [1.82, 2.24) is 0 Å². The van der Waals surface area contributed by atoms with Crippen LogP contribution in [-0.2, 0) is 9.09 Å². The fraction of sp³-hybridized carbons (Fsp3) is 0.143. The molecule has 0 bridgehead atoms. The van der Waals surface area contributed by atoms with Gasteiger partial charge in [-0.15, -0.1) is 12.4 Å². The quantitative estimate of drug-likeness (QED) is 0.601. The molecule has 0 aliphatic carbocycles. The molecule has 0 saturated carbocycles. The van der Waals surface area contributed by atoms with E-state index >= 15 is 0 Å². The lowest BCUT2D eigenvalue weighted by Crippen LogP contribution is -2.10. The summed E-state index contributed by atoms with van der Waals surface area (Å²) in [5.41, 5.74) is 6.12. The van der Waals surface area contributed by atoms with Gasteiger partial charge in [0.15, 0.2) is 0 Å². The maximum atomic E-state index is 10.3. The number of halogens is 1. The topological polar surface area (TPSA) is 72.5 Å². The summed E-state index contributed by atoms with van der Waals surface area (Å²) in [6.45, 7) is 0. The zero-order chi connectivity index (χ0) is 8.97. The summed E-state index contributed by atoms with van der Waals surface area (Å²) in [5, 5.41) is 0. The van der Waals surface area contributed by atoms with Crippen molar-refractivity contribution in [3.05, 3.63) is 35.9 Å². The van der Waals surface area contributed by atoms with Crippen LogP contribution in [0.3, 0.4) is 0 Å². The van der Waals surface area contributed by atoms with Crippen molar-refractivity contribution in [1.29, 1.82) is 0 Å². The van der Waals surface area contributed by atoms with Gasteiger partial charge in [0.1, 0.15) is 6.23 Å². The Bertz CT molecular complexity index is 270. The Labute approximate surface area is 83.1 Å². The van der Waals surface area contributed by atoms with Crippen LogP contribution in [0.2, 0.25) is 0 Å². The molecule has 3 N–H and O–H groups in total. The minimum atomic E-state index is -2.96. The first-order valence-corrected chi connectivity index (χ1v) is 4.66. The van der Waals surface area contributed by atoms with Crippen LogP contribution in [0.1, 0.15) is 11.8 Å². The zero-order valence-electron chi connectivity index (χ0n) is 6.71. The van der Waals surface area contributed by atoms with Gasteiger partial charge in [0.25, 0.3) is 0 Å². The molecule has 0 fully saturated rings. The highest BCUT2D eigenvalue weighted by atomic mass is 35.5. The smallest absolute Gasteiger partial charge is 0.318 e. The predicted molar refractivity (Wildman–Crippen MR) is 52.9 cm³/mol. The van der Waals surface area contributed by atoms with Gasteiger partial charge in [0, 0.05) is 0 Å². The Balaban J connectivity index is 0.00000144. The Morgan fingerprint density at radius 3 is 2.38 bits per heavy atom. The van der Waals surface area contributed by atoms with E-state index in [0.29, 0.717) is 5.56 Å². The maximum absolute atomic E-state index is 10.3. The van der Waals surface area contributed by atoms with Crippen LogP contribution in [0, 0.1) is 0 Å². The Morgan fingerprint density at radius 1 is 1.38 bits per heavy atom. The van der Waals surface area contributed by atoms with Gasteiger partial charge in [-0.05, 0) is 5.56 Å². The van der Waals surface area contributed by atoms with E-state index in [0.717, 1.165) is 0 Å².